The normalized spacial score (nSPS) is 23.7. The number of hydrogen-bond donors (Lipinski definition) is 2. The lowest BCUT2D eigenvalue weighted by molar-refractivity contribution is 0.413. The van der Waals surface area contributed by atoms with Gasteiger partial charge in [-0.2, -0.15) is 0 Å². The van der Waals surface area contributed by atoms with Crippen LogP contribution >= 0.6 is 0 Å². The summed E-state index contributed by atoms with van der Waals surface area (Å²) in [4.78, 5) is 4.76. The van der Waals surface area contributed by atoms with Crippen LogP contribution in [0.4, 0.5) is 5.95 Å². The number of anilines is 1. The van der Waals surface area contributed by atoms with Gasteiger partial charge in [0.15, 0.2) is 0 Å². The molecule has 18 heavy (non-hydrogen) atoms. The number of nitrogens with one attached hydrogen (secondary N) is 2. The van der Waals surface area contributed by atoms with E-state index in [1.165, 1.54) is 56.5 Å². The highest BCUT2D eigenvalue weighted by molar-refractivity contribution is 5.35. The summed E-state index contributed by atoms with van der Waals surface area (Å²) in [6.07, 6.45) is 8.94. The Morgan fingerprint density at radius 2 is 2.17 bits per heavy atom. The Kier molecular flexibility index (Phi) is 3.55. The van der Waals surface area contributed by atoms with Gasteiger partial charge in [0.2, 0.25) is 5.95 Å². The molecule has 3 rings (SSSR count). The van der Waals surface area contributed by atoms with Crippen molar-refractivity contribution in [2.75, 3.05) is 18.4 Å². The van der Waals surface area contributed by atoms with E-state index < -0.39 is 0 Å². The molecule has 0 spiro atoms. The standard InChI is InChI=1S/C14H24N4/c1-18-13-8-3-2-7-12(13)17-14(18)16-10-11-6-4-5-9-15-11/h11,15H,2-10H2,1H3,(H,16,17). The topological polar surface area (TPSA) is 41.9 Å². The van der Waals surface area contributed by atoms with E-state index in [0.717, 1.165) is 18.9 Å². The minimum atomic E-state index is 0.618. The zero-order valence-electron chi connectivity index (χ0n) is 11.3. The number of hydrogen-bond acceptors (Lipinski definition) is 3. The van der Waals surface area contributed by atoms with Gasteiger partial charge < -0.3 is 15.2 Å². The van der Waals surface area contributed by atoms with Crippen LogP contribution in [0.15, 0.2) is 0 Å². The van der Waals surface area contributed by atoms with E-state index in [4.69, 9.17) is 4.98 Å². The minimum absolute atomic E-state index is 0.618. The van der Waals surface area contributed by atoms with E-state index in [1.807, 2.05) is 0 Å². The highest BCUT2D eigenvalue weighted by Crippen LogP contribution is 2.23. The van der Waals surface area contributed by atoms with Gasteiger partial charge in [-0.15, -0.1) is 0 Å². The molecule has 0 saturated carbocycles. The number of piperidine rings is 1. The summed E-state index contributed by atoms with van der Waals surface area (Å²) in [6.45, 7) is 2.17. The van der Waals surface area contributed by atoms with Crippen molar-refractivity contribution in [2.45, 2.75) is 51.0 Å². The molecule has 100 valence electrons. The molecule has 1 aliphatic carbocycles. The molecule has 1 saturated heterocycles. The van der Waals surface area contributed by atoms with Crippen LogP contribution in [0.5, 0.6) is 0 Å². The van der Waals surface area contributed by atoms with E-state index in [2.05, 4.69) is 22.2 Å². The van der Waals surface area contributed by atoms with Gasteiger partial charge in [-0.05, 0) is 45.1 Å². The fourth-order valence-corrected chi connectivity index (χ4v) is 3.16. The van der Waals surface area contributed by atoms with Crippen LogP contribution in [0.3, 0.4) is 0 Å². The molecule has 4 heteroatoms. The SMILES string of the molecule is Cn1c(NCC2CCCCN2)nc2c1CCCC2. The predicted octanol–water partition coefficient (Wildman–Crippen LogP) is 1.85. The Balaban J connectivity index is 1.63. The minimum Gasteiger partial charge on any atom is -0.354 e. The fourth-order valence-electron chi connectivity index (χ4n) is 3.16. The molecule has 1 atom stereocenters. The molecule has 1 aliphatic heterocycles. The highest BCUT2D eigenvalue weighted by Gasteiger charge is 2.18. The average molecular weight is 248 g/mol. The molecule has 0 amide bonds. The molecule has 4 nitrogen and oxygen atoms in total. The van der Waals surface area contributed by atoms with Gasteiger partial charge in [-0.25, -0.2) is 4.98 Å². The second-order valence-corrected chi connectivity index (χ2v) is 5.62. The summed E-state index contributed by atoms with van der Waals surface area (Å²) >= 11 is 0. The molecule has 2 heterocycles. The maximum atomic E-state index is 4.76. The van der Waals surface area contributed by atoms with E-state index in [1.54, 1.807) is 0 Å². The summed E-state index contributed by atoms with van der Waals surface area (Å²) < 4.78 is 2.26. The Bertz CT molecular complexity index is 404. The lowest BCUT2D eigenvalue weighted by Gasteiger charge is -2.23. The molecule has 1 aromatic heterocycles. The largest absolute Gasteiger partial charge is 0.354 e. The fraction of sp³-hybridized carbons (Fsp3) is 0.786. The van der Waals surface area contributed by atoms with E-state index in [9.17, 15) is 0 Å². The summed E-state index contributed by atoms with van der Waals surface area (Å²) in [7, 11) is 2.15. The second-order valence-electron chi connectivity index (χ2n) is 5.62. The van der Waals surface area contributed by atoms with Crippen molar-refractivity contribution in [3.8, 4) is 0 Å². The van der Waals surface area contributed by atoms with Gasteiger partial charge >= 0.3 is 0 Å². The predicted molar refractivity (Wildman–Crippen MR) is 74.0 cm³/mol. The van der Waals surface area contributed by atoms with Gasteiger partial charge in [0, 0.05) is 25.3 Å². The molecule has 1 fully saturated rings. The Morgan fingerprint density at radius 1 is 1.28 bits per heavy atom. The lowest BCUT2D eigenvalue weighted by Crippen LogP contribution is -2.39. The monoisotopic (exact) mass is 248 g/mol. The van der Waals surface area contributed by atoms with Gasteiger partial charge in [0.05, 0.1) is 5.69 Å². The van der Waals surface area contributed by atoms with E-state index >= 15 is 0 Å². The van der Waals surface area contributed by atoms with Gasteiger partial charge in [0.25, 0.3) is 0 Å². The highest BCUT2D eigenvalue weighted by atomic mass is 15.2. The van der Waals surface area contributed by atoms with E-state index in [-0.39, 0.29) is 0 Å². The molecular formula is C14H24N4. The molecule has 2 aliphatic rings. The van der Waals surface area contributed by atoms with Crippen molar-refractivity contribution in [3.63, 3.8) is 0 Å². The summed E-state index contributed by atoms with van der Waals surface area (Å²) in [5.41, 5.74) is 2.77. The van der Waals surface area contributed by atoms with Crippen LogP contribution in [0.2, 0.25) is 0 Å². The van der Waals surface area contributed by atoms with Crippen molar-refractivity contribution in [1.29, 1.82) is 0 Å². The van der Waals surface area contributed by atoms with Gasteiger partial charge in [0.1, 0.15) is 0 Å². The Hall–Kier alpha value is -1.03. The third-order valence-corrected chi connectivity index (χ3v) is 4.29. The molecule has 1 unspecified atom stereocenters. The number of imidazole rings is 1. The summed E-state index contributed by atoms with van der Waals surface area (Å²) in [6, 6.07) is 0.618. The second kappa shape index (κ2) is 5.31. The first-order valence-electron chi connectivity index (χ1n) is 7.36. The first kappa shape index (κ1) is 12.0. The van der Waals surface area contributed by atoms with Crippen LogP contribution in [-0.4, -0.2) is 28.7 Å². The van der Waals surface area contributed by atoms with Crippen LogP contribution in [0, 0.1) is 0 Å². The van der Waals surface area contributed by atoms with Crippen LogP contribution in [0.25, 0.3) is 0 Å². The third kappa shape index (κ3) is 2.39. The Labute approximate surface area is 109 Å². The smallest absolute Gasteiger partial charge is 0.203 e. The lowest BCUT2D eigenvalue weighted by atomic mass is 10.0. The third-order valence-electron chi connectivity index (χ3n) is 4.29. The maximum absolute atomic E-state index is 4.76. The van der Waals surface area contributed by atoms with Crippen molar-refractivity contribution >= 4 is 5.95 Å². The number of rotatable bonds is 3. The van der Waals surface area contributed by atoms with Gasteiger partial charge in [-0.3, -0.25) is 0 Å². The quantitative estimate of drug-likeness (QED) is 0.858. The van der Waals surface area contributed by atoms with Crippen molar-refractivity contribution in [1.82, 2.24) is 14.9 Å². The van der Waals surface area contributed by atoms with Gasteiger partial charge in [-0.1, -0.05) is 6.42 Å². The number of fused-ring (bicyclic) bond motifs is 1. The van der Waals surface area contributed by atoms with Crippen LogP contribution < -0.4 is 10.6 Å². The van der Waals surface area contributed by atoms with Crippen LogP contribution in [-0.2, 0) is 19.9 Å². The number of aryl methyl sites for hydroxylation is 1. The first-order chi connectivity index (χ1) is 8.84. The molecule has 0 aromatic carbocycles. The van der Waals surface area contributed by atoms with Crippen molar-refractivity contribution in [3.05, 3.63) is 11.4 Å². The van der Waals surface area contributed by atoms with Crippen molar-refractivity contribution < 1.29 is 0 Å². The maximum Gasteiger partial charge on any atom is 0.203 e. The number of nitrogens with zero attached hydrogens (tertiary/aromatic N) is 2. The zero-order chi connectivity index (χ0) is 12.4. The zero-order valence-corrected chi connectivity index (χ0v) is 11.3. The molecule has 0 bridgehead atoms. The molecular weight excluding hydrogens is 224 g/mol. The molecule has 2 N–H and O–H groups in total. The van der Waals surface area contributed by atoms with Crippen molar-refractivity contribution in [2.24, 2.45) is 7.05 Å². The molecule has 1 aromatic rings. The summed E-state index contributed by atoms with van der Waals surface area (Å²) in [5.74, 6) is 1.06. The Morgan fingerprint density at radius 3 is 2.94 bits per heavy atom. The summed E-state index contributed by atoms with van der Waals surface area (Å²) in [5, 5.41) is 7.10. The van der Waals surface area contributed by atoms with E-state index in [0.29, 0.717) is 6.04 Å². The van der Waals surface area contributed by atoms with Crippen LogP contribution in [0.1, 0.15) is 43.5 Å². The number of aromatic nitrogens is 2. The first-order valence-corrected chi connectivity index (χ1v) is 7.36. The molecule has 0 radical (unpaired) electrons. The average Bonchev–Trinajstić information content (AvgIpc) is 2.75.